The first-order chi connectivity index (χ1) is 13.3. The third-order valence-corrected chi connectivity index (χ3v) is 11.7. The van der Waals surface area contributed by atoms with Crippen molar-refractivity contribution in [3.05, 3.63) is 48.4 Å². The second-order valence-corrected chi connectivity index (χ2v) is 13.8. The van der Waals surface area contributed by atoms with E-state index < -0.39 is 8.32 Å². The number of benzene rings is 1. The van der Waals surface area contributed by atoms with Gasteiger partial charge in [-0.1, -0.05) is 71.9 Å². The lowest BCUT2D eigenvalue weighted by atomic mass is 10.2. The summed E-state index contributed by atoms with van der Waals surface area (Å²) in [6.45, 7) is 14.8. The van der Waals surface area contributed by atoms with Gasteiger partial charge in [0, 0.05) is 6.20 Å². The molecule has 5 nitrogen and oxygen atoms in total. The smallest absolute Gasteiger partial charge is 0.414 e. The Bertz CT molecular complexity index is 623. The van der Waals surface area contributed by atoms with E-state index in [1.165, 1.54) is 0 Å². The zero-order valence-electron chi connectivity index (χ0n) is 18.1. The predicted molar refractivity (Wildman–Crippen MR) is 114 cm³/mol. The van der Waals surface area contributed by atoms with E-state index in [2.05, 4.69) is 41.5 Å². The van der Waals surface area contributed by atoms with Crippen molar-refractivity contribution in [1.82, 2.24) is 4.90 Å². The van der Waals surface area contributed by atoms with E-state index in [0.29, 0.717) is 29.8 Å². The van der Waals surface area contributed by atoms with Crippen molar-refractivity contribution in [3.63, 3.8) is 0 Å². The van der Waals surface area contributed by atoms with E-state index in [1.54, 1.807) is 17.4 Å². The topological polar surface area (TPSA) is 48.0 Å². The summed E-state index contributed by atoms with van der Waals surface area (Å²) in [4.78, 5) is 14.0. The SMILES string of the molecule is CC(C)[Si](OCC1CN(C(=O)OCc2ccccc2)C=CO1)(C(C)C)C(C)C. The molecule has 1 heterocycles. The highest BCUT2D eigenvalue weighted by atomic mass is 28.4. The Kier molecular flexibility index (Phi) is 8.13. The van der Waals surface area contributed by atoms with Crippen molar-refractivity contribution in [2.75, 3.05) is 13.2 Å². The van der Waals surface area contributed by atoms with Crippen molar-refractivity contribution in [3.8, 4) is 0 Å². The summed E-state index contributed by atoms with van der Waals surface area (Å²) in [5.41, 5.74) is 2.50. The number of ether oxygens (including phenoxy) is 2. The highest BCUT2D eigenvalue weighted by Gasteiger charge is 2.45. The van der Waals surface area contributed by atoms with Crippen LogP contribution in [0.1, 0.15) is 47.1 Å². The molecule has 0 N–H and O–H groups in total. The second kappa shape index (κ2) is 10.1. The van der Waals surface area contributed by atoms with E-state index in [4.69, 9.17) is 13.9 Å². The minimum absolute atomic E-state index is 0.183. The molecule has 1 aromatic carbocycles. The van der Waals surface area contributed by atoms with Gasteiger partial charge in [0.2, 0.25) is 8.32 Å². The van der Waals surface area contributed by atoms with Gasteiger partial charge in [0.25, 0.3) is 0 Å². The Labute approximate surface area is 170 Å². The van der Waals surface area contributed by atoms with Gasteiger partial charge in [-0.2, -0.15) is 0 Å². The molecule has 1 atom stereocenters. The van der Waals surface area contributed by atoms with Crippen LogP contribution in [0.25, 0.3) is 0 Å². The molecule has 2 rings (SSSR count). The largest absolute Gasteiger partial charge is 0.492 e. The summed E-state index contributed by atoms with van der Waals surface area (Å²) in [6, 6.07) is 9.68. The van der Waals surface area contributed by atoms with Crippen LogP contribution in [-0.2, 0) is 20.5 Å². The van der Waals surface area contributed by atoms with Crippen molar-refractivity contribution < 1.29 is 18.7 Å². The summed E-state index contributed by atoms with van der Waals surface area (Å²) in [6.07, 6.45) is 2.64. The molecule has 0 aliphatic carbocycles. The maximum Gasteiger partial charge on any atom is 0.414 e. The van der Waals surface area contributed by atoms with Crippen LogP contribution >= 0.6 is 0 Å². The molecule has 1 aliphatic heterocycles. The monoisotopic (exact) mass is 405 g/mol. The summed E-state index contributed by atoms with van der Waals surface area (Å²) in [5, 5.41) is 0. The normalized spacial score (nSPS) is 17.3. The second-order valence-electron chi connectivity index (χ2n) is 8.36. The molecule has 0 aromatic heterocycles. The molecule has 0 saturated carbocycles. The van der Waals surface area contributed by atoms with Crippen molar-refractivity contribution in [2.24, 2.45) is 0 Å². The molecular weight excluding hydrogens is 370 g/mol. The Morgan fingerprint density at radius 2 is 1.71 bits per heavy atom. The van der Waals surface area contributed by atoms with Gasteiger partial charge in [0.15, 0.2) is 0 Å². The molecule has 1 unspecified atom stereocenters. The molecule has 0 fully saturated rings. The van der Waals surface area contributed by atoms with Gasteiger partial charge in [-0.3, -0.25) is 4.90 Å². The van der Waals surface area contributed by atoms with Crippen LogP contribution in [0.15, 0.2) is 42.8 Å². The Hall–Kier alpha value is -1.79. The lowest BCUT2D eigenvalue weighted by Crippen LogP contribution is -2.50. The summed E-state index contributed by atoms with van der Waals surface area (Å²) < 4.78 is 17.8. The molecular formula is C22H35NO4Si. The molecule has 0 radical (unpaired) electrons. The van der Waals surface area contributed by atoms with Crippen LogP contribution in [0.2, 0.25) is 16.6 Å². The van der Waals surface area contributed by atoms with Crippen LogP contribution in [-0.4, -0.2) is 38.6 Å². The third kappa shape index (κ3) is 5.38. The molecule has 0 saturated heterocycles. The van der Waals surface area contributed by atoms with Gasteiger partial charge in [-0.15, -0.1) is 0 Å². The lowest BCUT2D eigenvalue weighted by Gasteiger charge is -2.43. The standard InChI is InChI=1S/C22H35NO4Si/c1-17(2)28(18(3)4,19(5)6)27-16-21-14-23(12-13-25-21)22(24)26-15-20-10-8-7-9-11-20/h7-13,17-19,21H,14-16H2,1-6H3. The fourth-order valence-electron chi connectivity index (χ4n) is 4.31. The predicted octanol–water partition coefficient (Wildman–Crippen LogP) is 5.69. The summed E-state index contributed by atoms with van der Waals surface area (Å²) >= 11 is 0. The number of rotatable bonds is 8. The fourth-order valence-corrected chi connectivity index (χ4v) is 9.78. The Morgan fingerprint density at radius 3 is 2.29 bits per heavy atom. The van der Waals surface area contributed by atoms with Gasteiger partial charge >= 0.3 is 6.09 Å². The van der Waals surface area contributed by atoms with E-state index in [1.807, 2.05) is 30.3 Å². The van der Waals surface area contributed by atoms with E-state index >= 15 is 0 Å². The molecule has 28 heavy (non-hydrogen) atoms. The minimum Gasteiger partial charge on any atom is -0.492 e. The van der Waals surface area contributed by atoms with Gasteiger partial charge < -0.3 is 13.9 Å². The third-order valence-electron chi connectivity index (χ3n) is 5.58. The maximum atomic E-state index is 12.4. The lowest BCUT2D eigenvalue weighted by molar-refractivity contribution is 0.0320. The summed E-state index contributed by atoms with van der Waals surface area (Å²) in [5.74, 6) is 0. The minimum atomic E-state index is -1.96. The molecule has 0 spiro atoms. The molecule has 0 bridgehead atoms. The van der Waals surface area contributed by atoms with Crippen LogP contribution < -0.4 is 0 Å². The van der Waals surface area contributed by atoms with Crippen LogP contribution in [0.4, 0.5) is 4.79 Å². The maximum absolute atomic E-state index is 12.4. The quantitative estimate of drug-likeness (QED) is 0.522. The molecule has 1 aromatic rings. The van der Waals surface area contributed by atoms with Crippen molar-refractivity contribution in [1.29, 1.82) is 0 Å². The van der Waals surface area contributed by atoms with Crippen LogP contribution in [0, 0.1) is 0 Å². The number of carbonyl (C=O) groups is 1. The van der Waals surface area contributed by atoms with Gasteiger partial charge in [0.05, 0.1) is 19.4 Å². The van der Waals surface area contributed by atoms with Gasteiger partial charge in [-0.25, -0.2) is 4.79 Å². The summed E-state index contributed by atoms with van der Waals surface area (Å²) in [7, 11) is -1.96. The number of hydrogen-bond donors (Lipinski definition) is 0. The van der Waals surface area contributed by atoms with Crippen LogP contribution in [0.3, 0.4) is 0 Å². The highest BCUT2D eigenvalue weighted by Crippen LogP contribution is 2.42. The average Bonchev–Trinajstić information content (AvgIpc) is 2.67. The number of hydrogen-bond acceptors (Lipinski definition) is 4. The average molecular weight is 406 g/mol. The first-order valence-corrected chi connectivity index (χ1v) is 12.3. The highest BCUT2D eigenvalue weighted by molar-refractivity contribution is 6.77. The fraction of sp³-hybridized carbons (Fsp3) is 0.591. The Balaban J connectivity index is 1.92. The van der Waals surface area contributed by atoms with Crippen LogP contribution in [0.5, 0.6) is 0 Å². The Morgan fingerprint density at radius 1 is 1.11 bits per heavy atom. The van der Waals surface area contributed by atoms with Crippen molar-refractivity contribution >= 4 is 14.4 Å². The number of amides is 1. The first kappa shape index (κ1) is 22.5. The van der Waals surface area contributed by atoms with Crippen molar-refractivity contribution in [2.45, 2.75) is 70.9 Å². The van der Waals surface area contributed by atoms with Gasteiger partial charge in [0.1, 0.15) is 12.7 Å². The zero-order chi connectivity index (χ0) is 20.7. The first-order valence-electron chi connectivity index (χ1n) is 10.2. The molecule has 6 heteroatoms. The van der Waals surface area contributed by atoms with E-state index in [-0.39, 0.29) is 18.8 Å². The zero-order valence-corrected chi connectivity index (χ0v) is 19.1. The van der Waals surface area contributed by atoms with Gasteiger partial charge in [-0.05, 0) is 22.2 Å². The number of nitrogens with zero attached hydrogens (tertiary/aromatic N) is 1. The van der Waals surface area contributed by atoms with E-state index in [9.17, 15) is 4.79 Å². The molecule has 156 valence electrons. The van der Waals surface area contributed by atoms with E-state index in [0.717, 1.165) is 5.56 Å². The molecule has 1 amide bonds. The number of carbonyl (C=O) groups excluding carboxylic acids is 1. The molecule has 1 aliphatic rings.